The first-order valence-corrected chi connectivity index (χ1v) is 6.96. The second-order valence-electron chi connectivity index (χ2n) is 4.94. The molecule has 0 radical (unpaired) electrons. The topological polar surface area (TPSA) is 41.1 Å². The van der Waals surface area contributed by atoms with E-state index in [2.05, 4.69) is 10.6 Å². The highest BCUT2D eigenvalue weighted by atomic mass is 19.1. The molecule has 0 saturated heterocycles. The van der Waals surface area contributed by atoms with Crippen LogP contribution in [0.5, 0.6) is 0 Å². The van der Waals surface area contributed by atoms with Gasteiger partial charge >= 0.3 is 6.03 Å². The average molecular weight is 286 g/mol. The maximum absolute atomic E-state index is 13.4. The van der Waals surface area contributed by atoms with Gasteiger partial charge in [-0.2, -0.15) is 0 Å². The minimum Gasteiger partial charge on any atom is -0.338 e. The van der Waals surface area contributed by atoms with Crippen LogP contribution in [0, 0.1) is 12.7 Å². The van der Waals surface area contributed by atoms with E-state index in [1.165, 1.54) is 6.07 Å². The van der Waals surface area contributed by atoms with Crippen LogP contribution in [0.1, 0.15) is 16.7 Å². The molecule has 0 saturated carbocycles. The second kappa shape index (κ2) is 7.43. The number of hydrogen-bond acceptors (Lipinski definition) is 1. The van der Waals surface area contributed by atoms with Crippen molar-refractivity contribution in [1.82, 2.24) is 10.6 Å². The van der Waals surface area contributed by atoms with Crippen molar-refractivity contribution < 1.29 is 9.18 Å². The molecule has 0 aliphatic carbocycles. The molecule has 0 heterocycles. The van der Waals surface area contributed by atoms with Crippen LogP contribution in [0.4, 0.5) is 9.18 Å². The molecule has 2 N–H and O–H groups in total. The van der Waals surface area contributed by atoms with Crippen LogP contribution in [0.25, 0.3) is 0 Å². The van der Waals surface area contributed by atoms with E-state index in [0.29, 0.717) is 25.1 Å². The normalized spacial score (nSPS) is 10.2. The van der Waals surface area contributed by atoms with Gasteiger partial charge < -0.3 is 10.6 Å². The molecule has 2 aromatic rings. The summed E-state index contributed by atoms with van der Waals surface area (Å²) in [5, 5.41) is 5.51. The summed E-state index contributed by atoms with van der Waals surface area (Å²) in [4.78, 5) is 11.7. The van der Waals surface area contributed by atoms with E-state index >= 15 is 0 Å². The molecule has 0 atom stereocenters. The standard InChI is InChI=1S/C17H19FN2O/c1-13-5-4-6-14(11-13)12-20-17(21)19-10-9-15-7-2-3-8-16(15)18/h2-8,11H,9-10,12H2,1H3,(H2,19,20,21). The fourth-order valence-electron chi connectivity index (χ4n) is 2.08. The minimum absolute atomic E-state index is 0.237. The Morgan fingerprint density at radius 1 is 1.10 bits per heavy atom. The van der Waals surface area contributed by atoms with Crippen LogP contribution in [-0.4, -0.2) is 12.6 Å². The lowest BCUT2D eigenvalue weighted by atomic mass is 10.1. The summed E-state index contributed by atoms with van der Waals surface area (Å²) in [6.07, 6.45) is 0.477. The van der Waals surface area contributed by atoms with Gasteiger partial charge in [0.05, 0.1) is 0 Å². The van der Waals surface area contributed by atoms with Crippen LogP contribution in [-0.2, 0) is 13.0 Å². The minimum atomic E-state index is -0.243. The third-order valence-electron chi connectivity index (χ3n) is 3.17. The molecule has 4 heteroatoms. The smallest absolute Gasteiger partial charge is 0.315 e. The van der Waals surface area contributed by atoms with Crippen LogP contribution in [0.3, 0.4) is 0 Å². The van der Waals surface area contributed by atoms with Gasteiger partial charge in [0, 0.05) is 13.1 Å². The van der Waals surface area contributed by atoms with E-state index in [9.17, 15) is 9.18 Å². The Morgan fingerprint density at radius 3 is 2.67 bits per heavy atom. The van der Waals surface area contributed by atoms with Crippen LogP contribution >= 0.6 is 0 Å². The highest BCUT2D eigenvalue weighted by molar-refractivity contribution is 5.73. The van der Waals surface area contributed by atoms with Crippen molar-refractivity contribution in [3.05, 3.63) is 71.0 Å². The third kappa shape index (κ3) is 4.91. The van der Waals surface area contributed by atoms with Gasteiger partial charge in [0.25, 0.3) is 0 Å². The zero-order valence-corrected chi connectivity index (χ0v) is 12.0. The number of urea groups is 1. The number of nitrogens with one attached hydrogen (secondary N) is 2. The molecule has 0 aromatic heterocycles. The molecule has 0 fully saturated rings. The number of aryl methyl sites for hydroxylation is 1. The largest absolute Gasteiger partial charge is 0.338 e. The predicted octanol–water partition coefficient (Wildman–Crippen LogP) is 3.18. The van der Waals surface area contributed by atoms with Gasteiger partial charge in [0.2, 0.25) is 0 Å². The monoisotopic (exact) mass is 286 g/mol. The summed E-state index contributed by atoms with van der Waals surface area (Å²) in [5.41, 5.74) is 2.82. The van der Waals surface area contributed by atoms with E-state index in [-0.39, 0.29) is 11.8 Å². The van der Waals surface area contributed by atoms with E-state index in [1.54, 1.807) is 18.2 Å². The van der Waals surface area contributed by atoms with Gasteiger partial charge in [0.1, 0.15) is 5.82 Å². The number of halogens is 1. The van der Waals surface area contributed by atoms with Gasteiger partial charge in [-0.1, -0.05) is 48.0 Å². The SMILES string of the molecule is Cc1cccc(CNC(=O)NCCc2ccccc2F)c1. The van der Waals surface area contributed by atoms with Gasteiger partial charge in [-0.3, -0.25) is 0 Å². The molecule has 0 bridgehead atoms. The molecule has 2 amide bonds. The number of carbonyl (C=O) groups is 1. The Morgan fingerprint density at radius 2 is 1.90 bits per heavy atom. The maximum Gasteiger partial charge on any atom is 0.315 e. The number of amides is 2. The molecule has 2 aromatic carbocycles. The summed E-state index contributed by atoms with van der Waals surface area (Å²) in [6, 6.07) is 14.3. The molecule has 21 heavy (non-hydrogen) atoms. The molecule has 2 rings (SSSR count). The quantitative estimate of drug-likeness (QED) is 0.871. The lowest BCUT2D eigenvalue weighted by Gasteiger charge is -2.08. The fourth-order valence-corrected chi connectivity index (χ4v) is 2.08. The summed E-state index contributed by atoms with van der Waals surface area (Å²) in [7, 11) is 0. The van der Waals surface area contributed by atoms with Gasteiger partial charge in [-0.05, 0) is 30.5 Å². The van der Waals surface area contributed by atoms with Crippen molar-refractivity contribution >= 4 is 6.03 Å². The average Bonchev–Trinajstić information content (AvgIpc) is 2.47. The van der Waals surface area contributed by atoms with Crippen molar-refractivity contribution in [2.45, 2.75) is 19.9 Å². The Labute approximate surface area is 124 Å². The molecule has 3 nitrogen and oxygen atoms in total. The van der Waals surface area contributed by atoms with Crippen LogP contribution in [0.15, 0.2) is 48.5 Å². The zero-order valence-electron chi connectivity index (χ0n) is 12.0. The van der Waals surface area contributed by atoms with E-state index < -0.39 is 0 Å². The van der Waals surface area contributed by atoms with E-state index in [1.807, 2.05) is 31.2 Å². The lowest BCUT2D eigenvalue weighted by Crippen LogP contribution is -2.36. The van der Waals surface area contributed by atoms with E-state index in [4.69, 9.17) is 0 Å². The molecular formula is C17H19FN2O. The fraction of sp³-hybridized carbons (Fsp3) is 0.235. The highest BCUT2D eigenvalue weighted by Gasteiger charge is 2.03. The summed E-state index contributed by atoms with van der Waals surface area (Å²) >= 11 is 0. The third-order valence-corrected chi connectivity index (χ3v) is 3.17. The Hall–Kier alpha value is -2.36. The zero-order chi connectivity index (χ0) is 15.1. The van der Waals surface area contributed by atoms with Crippen molar-refractivity contribution in [3.8, 4) is 0 Å². The highest BCUT2D eigenvalue weighted by Crippen LogP contribution is 2.06. The van der Waals surface area contributed by atoms with Crippen molar-refractivity contribution in [2.24, 2.45) is 0 Å². The second-order valence-corrected chi connectivity index (χ2v) is 4.94. The lowest BCUT2D eigenvalue weighted by molar-refractivity contribution is 0.240. The first-order chi connectivity index (χ1) is 10.1. The van der Waals surface area contributed by atoms with Crippen molar-refractivity contribution in [3.63, 3.8) is 0 Å². The van der Waals surface area contributed by atoms with E-state index in [0.717, 1.165) is 11.1 Å². The van der Waals surface area contributed by atoms with Crippen LogP contribution in [0.2, 0.25) is 0 Å². The molecular weight excluding hydrogens is 267 g/mol. The number of hydrogen-bond donors (Lipinski definition) is 2. The molecule has 0 unspecified atom stereocenters. The molecule has 110 valence electrons. The maximum atomic E-state index is 13.4. The van der Waals surface area contributed by atoms with Crippen molar-refractivity contribution in [1.29, 1.82) is 0 Å². The Bertz CT molecular complexity index is 613. The number of benzene rings is 2. The van der Waals surface area contributed by atoms with Gasteiger partial charge in [0.15, 0.2) is 0 Å². The first kappa shape index (κ1) is 15.0. The van der Waals surface area contributed by atoms with Crippen LogP contribution < -0.4 is 10.6 Å². The first-order valence-electron chi connectivity index (χ1n) is 6.96. The number of rotatable bonds is 5. The van der Waals surface area contributed by atoms with Crippen molar-refractivity contribution in [2.75, 3.05) is 6.54 Å². The number of carbonyl (C=O) groups excluding carboxylic acids is 1. The summed E-state index contributed by atoms with van der Waals surface area (Å²) < 4.78 is 13.4. The predicted molar refractivity (Wildman–Crippen MR) is 81.5 cm³/mol. The Kier molecular flexibility index (Phi) is 5.32. The Balaban J connectivity index is 1.72. The molecule has 0 aliphatic heterocycles. The van der Waals surface area contributed by atoms with Gasteiger partial charge in [-0.25, -0.2) is 9.18 Å². The summed E-state index contributed by atoms with van der Waals surface area (Å²) in [6.45, 7) is 2.89. The van der Waals surface area contributed by atoms with Gasteiger partial charge in [-0.15, -0.1) is 0 Å². The molecule has 0 aliphatic rings. The molecule has 0 spiro atoms. The summed E-state index contributed by atoms with van der Waals surface area (Å²) in [5.74, 6) is -0.237.